The van der Waals surface area contributed by atoms with E-state index >= 15 is 0 Å². The minimum absolute atomic E-state index is 0.0888. The van der Waals surface area contributed by atoms with E-state index in [1.54, 1.807) is 18.3 Å². The molecule has 1 aliphatic rings. The predicted molar refractivity (Wildman–Crippen MR) is 80.4 cm³/mol. The zero-order valence-electron chi connectivity index (χ0n) is 12.2. The van der Waals surface area contributed by atoms with Crippen LogP contribution in [0.1, 0.15) is 11.1 Å². The Morgan fingerprint density at radius 1 is 1.36 bits per heavy atom. The predicted octanol–water partition coefficient (Wildman–Crippen LogP) is 1.38. The van der Waals surface area contributed by atoms with E-state index in [2.05, 4.69) is 5.10 Å². The molecular weight excluding hydrogens is 300 g/mol. The highest BCUT2D eigenvalue weighted by molar-refractivity contribution is 7.89. The zero-order valence-corrected chi connectivity index (χ0v) is 13.0. The van der Waals surface area contributed by atoms with Crippen molar-refractivity contribution in [1.82, 2.24) is 14.1 Å². The minimum atomic E-state index is -3.58. The van der Waals surface area contributed by atoms with Gasteiger partial charge in [0.05, 0.1) is 16.7 Å². The fourth-order valence-corrected chi connectivity index (χ4v) is 4.32. The quantitative estimate of drug-likeness (QED) is 0.853. The standard InChI is InChI=1S/C15H16N4O2S/c1-12-7-17-18(8-12)9-13-10-19(11-13)22(20,21)15-5-3-2-4-14(15)6-16/h2-5,7-8,13H,9-11H2,1H3. The molecule has 1 fully saturated rings. The Balaban J connectivity index is 1.70. The van der Waals surface area contributed by atoms with Crippen molar-refractivity contribution in [1.29, 1.82) is 5.26 Å². The van der Waals surface area contributed by atoms with Crippen LogP contribution in [-0.2, 0) is 16.6 Å². The fourth-order valence-electron chi connectivity index (χ4n) is 2.59. The zero-order chi connectivity index (χ0) is 15.7. The lowest BCUT2D eigenvalue weighted by Gasteiger charge is -2.38. The van der Waals surface area contributed by atoms with Crippen LogP contribution in [0, 0.1) is 24.2 Å². The lowest BCUT2D eigenvalue weighted by atomic mass is 10.0. The van der Waals surface area contributed by atoms with Gasteiger partial charge in [-0.25, -0.2) is 8.42 Å². The molecule has 6 nitrogen and oxygen atoms in total. The van der Waals surface area contributed by atoms with Crippen molar-refractivity contribution in [2.24, 2.45) is 5.92 Å². The summed E-state index contributed by atoms with van der Waals surface area (Å²) in [5.41, 5.74) is 1.28. The summed E-state index contributed by atoms with van der Waals surface area (Å²) < 4.78 is 28.4. The number of benzene rings is 1. The number of aryl methyl sites for hydroxylation is 1. The Morgan fingerprint density at radius 3 is 2.73 bits per heavy atom. The van der Waals surface area contributed by atoms with Gasteiger partial charge in [0, 0.05) is 31.7 Å². The van der Waals surface area contributed by atoms with E-state index in [-0.39, 0.29) is 16.4 Å². The van der Waals surface area contributed by atoms with Crippen molar-refractivity contribution >= 4 is 10.0 Å². The van der Waals surface area contributed by atoms with Gasteiger partial charge < -0.3 is 0 Å². The summed E-state index contributed by atoms with van der Waals surface area (Å²) in [6.45, 7) is 3.60. The highest BCUT2D eigenvalue weighted by atomic mass is 32.2. The molecular formula is C15H16N4O2S. The van der Waals surface area contributed by atoms with E-state index in [1.165, 1.54) is 16.4 Å². The maximum absolute atomic E-state index is 12.5. The van der Waals surface area contributed by atoms with Gasteiger partial charge in [0.1, 0.15) is 6.07 Å². The van der Waals surface area contributed by atoms with Crippen LogP contribution in [0.4, 0.5) is 0 Å². The van der Waals surface area contributed by atoms with Crippen molar-refractivity contribution in [2.75, 3.05) is 13.1 Å². The average molecular weight is 316 g/mol. The first-order chi connectivity index (χ1) is 10.5. The van der Waals surface area contributed by atoms with Crippen molar-refractivity contribution in [3.63, 3.8) is 0 Å². The topological polar surface area (TPSA) is 79.0 Å². The second-order valence-electron chi connectivity index (χ2n) is 5.54. The molecule has 0 unspecified atom stereocenters. The third kappa shape index (κ3) is 2.63. The number of nitriles is 1. The molecule has 114 valence electrons. The summed E-state index contributed by atoms with van der Waals surface area (Å²) in [4.78, 5) is 0.0888. The van der Waals surface area contributed by atoms with E-state index in [1.807, 2.05) is 23.9 Å². The molecule has 0 aliphatic carbocycles. The van der Waals surface area contributed by atoms with Crippen LogP contribution in [-0.4, -0.2) is 35.6 Å². The first-order valence-corrected chi connectivity index (χ1v) is 8.43. The summed E-state index contributed by atoms with van der Waals surface area (Å²) in [7, 11) is -3.58. The highest BCUT2D eigenvalue weighted by Gasteiger charge is 2.37. The van der Waals surface area contributed by atoms with Gasteiger partial charge in [0.15, 0.2) is 0 Å². The summed E-state index contributed by atoms with van der Waals surface area (Å²) in [6.07, 6.45) is 3.73. The van der Waals surface area contributed by atoms with E-state index in [9.17, 15) is 8.42 Å². The summed E-state index contributed by atoms with van der Waals surface area (Å²) >= 11 is 0. The van der Waals surface area contributed by atoms with Gasteiger partial charge >= 0.3 is 0 Å². The second kappa shape index (κ2) is 5.55. The minimum Gasteiger partial charge on any atom is -0.272 e. The number of aromatic nitrogens is 2. The van der Waals surface area contributed by atoms with Crippen LogP contribution in [0.15, 0.2) is 41.6 Å². The van der Waals surface area contributed by atoms with Gasteiger partial charge in [-0.15, -0.1) is 0 Å². The van der Waals surface area contributed by atoms with E-state index in [0.29, 0.717) is 19.6 Å². The molecule has 22 heavy (non-hydrogen) atoms. The third-order valence-electron chi connectivity index (χ3n) is 3.76. The Labute approximate surface area is 129 Å². The van der Waals surface area contributed by atoms with Crippen LogP contribution in [0.25, 0.3) is 0 Å². The molecule has 2 heterocycles. The van der Waals surface area contributed by atoms with Gasteiger partial charge in [-0.05, 0) is 24.6 Å². The number of sulfonamides is 1. The molecule has 0 bridgehead atoms. The molecule has 1 aromatic carbocycles. The molecule has 0 atom stereocenters. The van der Waals surface area contributed by atoms with E-state index in [4.69, 9.17) is 5.26 Å². The van der Waals surface area contributed by atoms with Gasteiger partial charge in [-0.2, -0.15) is 14.7 Å². The van der Waals surface area contributed by atoms with Crippen LogP contribution < -0.4 is 0 Å². The Hall–Kier alpha value is -2.17. The first kappa shape index (κ1) is 14.8. The van der Waals surface area contributed by atoms with Crippen LogP contribution in [0.5, 0.6) is 0 Å². The second-order valence-corrected chi connectivity index (χ2v) is 7.44. The highest BCUT2D eigenvalue weighted by Crippen LogP contribution is 2.27. The van der Waals surface area contributed by atoms with Crippen molar-refractivity contribution < 1.29 is 8.42 Å². The molecule has 7 heteroatoms. The maximum Gasteiger partial charge on any atom is 0.244 e. The number of hydrogen-bond donors (Lipinski definition) is 0. The fraction of sp³-hybridized carbons (Fsp3) is 0.333. The van der Waals surface area contributed by atoms with Gasteiger partial charge in [0.2, 0.25) is 10.0 Å². The number of hydrogen-bond acceptors (Lipinski definition) is 4. The molecule has 3 rings (SSSR count). The number of nitrogens with zero attached hydrogens (tertiary/aromatic N) is 4. The molecule has 2 aromatic rings. The van der Waals surface area contributed by atoms with Gasteiger partial charge in [0.25, 0.3) is 0 Å². The van der Waals surface area contributed by atoms with Crippen LogP contribution in [0.2, 0.25) is 0 Å². The molecule has 0 radical (unpaired) electrons. The van der Waals surface area contributed by atoms with Crippen LogP contribution in [0.3, 0.4) is 0 Å². The Morgan fingerprint density at radius 2 is 2.09 bits per heavy atom. The Bertz CT molecular complexity index is 829. The summed E-state index contributed by atoms with van der Waals surface area (Å²) in [5.74, 6) is 0.253. The molecule has 0 saturated carbocycles. The smallest absolute Gasteiger partial charge is 0.244 e. The van der Waals surface area contributed by atoms with Gasteiger partial charge in [-0.3, -0.25) is 4.68 Å². The summed E-state index contributed by atoms with van der Waals surface area (Å²) in [6, 6.07) is 8.25. The normalized spacial score (nSPS) is 16.2. The third-order valence-corrected chi connectivity index (χ3v) is 5.65. The van der Waals surface area contributed by atoms with Crippen molar-refractivity contribution in [3.05, 3.63) is 47.8 Å². The van der Waals surface area contributed by atoms with Crippen molar-refractivity contribution in [3.8, 4) is 6.07 Å². The lowest BCUT2D eigenvalue weighted by Crippen LogP contribution is -2.51. The van der Waals surface area contributed by atoms with E-state index in [0.717, 1.165) is 5.56 Å². The SMILES string of the molecule is Cc1cnn(CC2CN(S(=O)(=O)c3ccccc3C#N)C2)c1. The van der Waals surface area contributed by atoms with E-state index < -0.39 is 10.0 Å². The largest absolute Gasteiger partial charge is 0.272 e. The molecule has 1 aromatic heterocycles. The summed E-state index contributed by atoms with van der Waals surface area (Å²) in [5, 5.41) is 13.3. The molecule has 1 saturated heterocycles. The molecule has 0 N–H and O–H groups in total. The number of rotatable bonds is 4. The van der Waals surface area contributed by atoms with Crippen molar-refractivity contribution in [2.45, 2.75) is 18.4 Å². The molecule has 0 spiro atoms. The van der Waals surface area contributed by atoms with Crippen LogP contribution >= 0.6 is 0 Å². The average Bonchev–Trinajstić information content (AvgIpc) is 2.87. The lowest BCUT2D eigenvalue weighted by molar-refractivity contribution is 0.175. The Kier molecular flexibility index (Phi) is 3.72. The van der Waals surface area contributed by atoms with Gasteiger partial charge in [-0.1, -0.05) is 12.1 Å². The molecule has 0 amide bonds. The monoisotopic (exact) mass is 316 g/mol. The molecule has 1 aliphatic heterocycles. The first-order valence-electron chi connectivity index (χ1n) is 6.99. The maximum atomic E-state index is 12.5.